The molecule has 0 amide bonds. The normalized spacial score (nSPS) is 12.4. The van der Waals surface area contributed by atoms with Crippen LogP contribution in [0.25, 0.3) is 27.6 Å². The number of rotatable bonds is 5. The fraction of sp³-hybridized carbons (Fsp3) is 0.190. The quantitative estimate of drug-likeness (QED) is 0.375. The van der Waals surface area contributed by atoms with Gasteiger partial charge in [-0.3, -0.25) is 9.36 Å². The molecule has 2 heterocycles. The van der Waals surface area contributed by atoms with Crippen molar-refractivity contribution in [1.82, 2.24) is 14.5 Å². The second-order valence-electron chi connectivity index (χ2n) is 6.09. The minimum Gasteiger partial charge on any atom is -0.465 e. The molecule has 0 bridgehead atoms. The van der Waals surface area contributed by atoms with Gasteiger partial charge in [-0.1, -0.05) is 48.2 Å². The fourth-order valence-corrected chi connectivity index (χ4v) is 3.98. The van der Waals surface area contributed by atoms with Crippen molar-refractivity contribution in [2.24, 2.45) is 0 Å². The van der Waals surface area contributed by atoms with E-state index in [0.29, 0.717) is 6.61 Å². The van der Waals surface area contributed by atoms with Gasteiger partial charge in [0.05, 0.1) is 12.3 Å². The van der Waals surface area contributed by atoms with E-state index in [1.54, 1.807) is 6.20 Å². The van der Waals surface area contributed by atoms with Gasteiger partial charge in [0.15, 0.2) is 10.8 Å². The molecular formula is C21H19N3O2S. The molecule has 4 aromatic rings. The maximum Gasteiger partial charge on any atom is 0.319 e. The summed E-state index contributed by atoms with van der Waals surface area (Å²) in [6, 6.07) is 18.2. The van der Waals surface area contributed by atoms with Crippen molar-refractivity contribution >= 4 is 39.7 Å². The number of thioether (sulfide) groups is 1. The van der Waals surface area contributed by atoms with Gasteiger partial charge in [-0.2, -0.15) is 0 Å². The highest BCUT2D eigenvalue weighted by Gasteiger charge is 2.22. The Morgan fingerprint density at radius 2 is 1.96 bits per heavy atom. The first-order valence-electron chi connectivity index (χ1n) is 8.84. The summed E-state index contributed by atoms with van der Waals surface area (Å²) in [7, 11) is 0. The van der Waals surface area contributed by atoms with E-state index >= 15 is 0 Å². The molecule has 0 aliphatic rings. The highest BCUT2D eigenvalue weighted by Crippen LogP contribution is 2.32. The zero-order valence-electron chi connectivity index (χ0n) is 15.1. The lowest BCUT2D eigenvalue weighted by Gasteiger charge is -2.14. The molecule has 27 heavy (non-hydrogen) atoms. The number of imidazole rings is 1. The zero-order valence-corrected chi connectivity index (χ0v) is 15.9. The van der Waals surface area contributed by atoms with E-state index in [0.717, 1.165) is 32.8 Å². The topological polar surface area (TPSA) is 57.0 Å². The molecule has 0 N–H and O–H groups in total. The van der Waals surface area contributed by atoms with Crippen LogP contribution in [-0.4, -0.2) is 32.4 Å². The summed E-state index contributed by atoms with van der Waals surface area (Å²) >= 11 is 1.38. The van der Waals surface area contributed by atoms with Crippen molar-refractivity contribution in [3.05, 3.63) is 60.8 Å². The van der Waals surface area contributed by atoms with Gasteiger partial charge in [-0.05, 0) is 37.4 Å². The first kappa shape index (κ1) is 17.5. The van der Waals surface area contributed by atoms with Crippen molar-refractivity contribution in [2.75, 3.05) is 6.61 Å². The second-order valence-corrected chi connectivity index (χ2v) is 7.39. The molecule has 0 spiro atoms. The van der Waals surface area contributed by atoms with Crippen LogP contribution in [0.2, 0.25) is 0 Å². The molecule has 136 valence electrons. The summed E-state index contributed by atoms with van der Waals surface area (Å²) < 4.78 is 7.18. The van der Waals surface area contributed by atoms with E-state index < -0.39 is 0 Å². The predicted octanol–water partition coefficient (Wildman–Crippen LogP) is 4.62. The zero-order chi connectivity index (χ0) is 18.8. The number of nitrogens with zero attached hydrogens (tertiary/aromatic N) is 3. The Balaban J connectivity index is 1.90. The van der Waals surface area contributed by atoms with Gasteiger partial charge >= 0.3 is 5.97 Å². The van der Waals surface area contributed by atoms with Gasteiger partial charge in [0.25, 0.3) is 0 Å². The minimum absolute atomic E-state index is 0.244. The van der Waals surface area contributed by atoms with Crippen LogP contribution in [0, 0.1) is 0 Å². The molecule has 2 aromatic carbocycles. The average molecular weight is 377 g/mol. The molecule has 6 heteroatoms. The Kier molecular flexibility index (Phi) is 4.81. The summed E-state index contributed by atoms with van der Waals surface area (Å²) in [5.74, 6) is -0.244. The van der Waals surface area contributed by atoms with Crippen LogP contribution in [0.3, 0.4) is 0 Å². The van der Waals surface area contributed by atoms with Crippen molar-refractivity contribution in [3.8, 4) is 5.69 Å². The van der Waals surface area contributed by atoms with Crippen LogP contribution in [0.1, 0.15) is 13.8 Å². The molecule has 0 saturated carbocycles. The SMILES string of the molecule is CCOC(=O)C(C)Sc1nc2cccnc2n1-c1cccc2ccccc12. The highest BCUT2D eigenvalue weighted by atomic mass is 32.2. The van der Waals surface area contributed by atoms with Gasteiger partial charge in [-0.15, -0.1) is 0 Å². The lowest BCUT2D eigenvalue weighted by Crippen LogP contribution is -2.17. The highest BCUT2D eigenvalue weighted by molar-refractivity contribution is 8.00. The van der Waals surface area contributed by atoms with Crippen molar-refractivity contribution in [1.29, 1.82) is 0 Å². The molecule has 1 atom stereocenters. The number of carbonyl (C=O) groups is 1. The van der Waals surface area contributed by atoms with Crippen molar-refractivity contribution in [3.63, 3.8) is 0 Å². The van der Waals surface area contributed by atoms with Crippen LogP contribution >= 0.6 is 11.8 Å². The van der Waals surface area contributed by atoms with Crippen LogP contribution in [-0.2, 0) is 9.53 Å². The van der Waals surface area contributed by atoms with Gasteiger partial charge in [0, 0.05) is 11.6 Å². The number of hydrogen-bond donors (Lipinski definition) is 0. The third-order valence-electron chi connectivity index (χ3n) is 4.29. The van der Waals surface area contributed by atoms with E-state index in [-0.39, 0.29) is 11.2 Å². The first-order chi connectivity index (χ1) is 13.2. The van der Waals surface area contributed by atoms with Crippen molar-refractivity contribution in [2.45, 2.75) is 24.3 Å². The van der Waals surface area contributed by atoms with Gasteiger partial charge in [0.2, 0.25) is 0 Å². The smallest absolute Gasteiger partial charge is 0.319 e. The molecule has 0 aliphatic heterocycles. The molecular weight excluding hydrogens is 358 g/mol. The molecule has 0 fully saturated rings. The van der Waals surface area contributed by atoms with Gasteiger partial charge < -0.3 is 4.74 Å². The number of esters is 1. The number of hydrogen-bond acceptors (Lipinski definition) is 5. The molecule has 1 unspecified atom stereocenters. The van der Waals surface area contributed by atoms with Gasteiger partial charge in [0.1, 0.15) is 10.8 Å². The van der Waals surface area contributed by atoms with E-state index in [2.05, 4.69) is 29.2 Å². The van der Waals surface area contributed by atoms with Crippen molar-refractivity contribution < 1.29 is 9.53 Å². The fourth-order valence-electron chi connectivity index (χ4n) is 3.06. The van der Waals surface area contributed by atoms with E-state index in [1.807, 2.05) is 48.7 Å². The summed E-state index contributed by atoms with van der Waals surface area (Å²) in [6.07, 6.45) is 1.76. The summed E-state index contributed by atoms with van der Waals surface area (Å²) in [6.45, 7) is 4.01. The maximum absolute atomic E-state index is 12.1. The van der Waals surface area contributed by atoms with Crippen LogP contribution in [0.5, 0.6) is 0 Å². The number of carbonyl (C=O) groups excluding carboxylic acids is 1. The monoisotopic (exact) mass is 377 g/mol. The lowest BCUT2D eigenvalue weighted by molar-refractivity contribution is -0.142. The van der Waals surface area contributed by atoms with Crippen LogP contribution < -0.4 is 0 Å². The Morgan fingerprint density at radius 1 is 1.15 bits per heavy atom. The molecule has 5 nitrogen and oxygen atoms in total. The molecule has 2 aromatic heterocycles. The number of ether oxygens (including phenoxy) is 1. The number of aromatic nitrogens is 3. The number of pyridine rings is 1. The standard InChI is InChI=1S/C21H19N3O2S/c1-3-26-20(25)14(2)27-21-23-17-11-7-13-22-19(17)24(21)18-12-6-9-15-8-4-5-10-16(15)18/h4-14H,3H2,1-2H3. The summed E-state index contributed by atoms with van der Waals surface area (Å²) in [4.78, 5) is 21.4. The number of fused-ring (bicyclic) bond motifs is 2. The third kappa shape index (κ3) is 3.28. The number of benzene rings is 2. The Labute approximate surface area is 161 Å². The van der Waals surface area contributed by atoms with Crippen LogP contribution in [0.15, 0.2) is 66.0 Å². The molecule has 0 aliphatic carbocycles. The summed E-state index contributed by atoms with van der Waals surface area (Å²) in [5, 5.41) is 2.61. The maximum atomic E-state index is 12.1. The second kappa shape index (κ2) is 7.40. The Bertz CT molecular complexity index is 1120. The largest absolute Gasteiger partial charge is 0.465 e. The van der Waals surface area contributed by atoms with Gasteiger partial charge in [-0.25, -0.2) is 9.97 Å². The Hall–Kier alpha value is -2.86. The molecule has 4 rings (SSSR count). The average Bonchev–Trinajstić information content (AvgIpc) is 3.05. The van der Waals surface area contributed by atoms with E-state index in [1.165, 1.54) is 11.8 Å². The predicted molar refractivity (Wildman–Crippen MR) is 108 cm³/mol. The lowest BCUT2D eigenvalue weighted by atomic mass is 10.1. The Morgan fingerprint density at radius 3 is 2.81 bits per heavy atom. The summed E-state index contributed by atoms with van der Waals surface area (Å²) in [5.41, 5.74) is 2.56. The van der Waals surface area contributed by atoms with E-state index in [9.17, 15) is 4.79 Å². The third-order valence-corrected chi connectivity index (χ3v) is 5.32. The van der Waals surface area contributed by atoms with E-state index in [4.69, 9.17) is 9.72 Å². The minimum atomic E-state index is -0.365. The van der Waals surface area contributed by atoms with Crippen LogP contribution in [0.4, 0.5) is 0 Å². The first-order valence-corrected chi connectivity index (χ1v) is 9.72. The molecule has 0 saturated heterocycles. The molecule has 0 radical (unpaired) electrons.